The second kappa shape index (κ2) is 7.93. The van der Waals surface area contributed by atoms with Crippen LogP contribution >= 0.6 is 0 Å². The molecule has 22 heavy (non-hydrogen) atoms. The van der Waals surface area contributed by atoms with Gasteiger partial charge in [0.15, 0.2) is 11.6 Å². The predicted molar refractivity (Wildman–Crippen MR) is 76.7 cm³/mol. The van der Waals surface area contributed by atoms with Crippen molar-refractivity contribution in [2.75, 3.05) is 13.2 Å². The lowest BCUT2D eigenvalue weighted by atomic mass is 9.93. The van der Waals surface area contributed by atoms with Gasteiger partial charge in [0, 0.05) is 12.1 Å². The number of carbonyl (C=O) groups excluding carboxylic acids is 1. The van der Waals surface area contributed by atoms with E-state index in [9.17, 15) is 18.7 Å². The van der Waals surface area contributed by atoms with Gasteiger partial charge in [-0.25, -0.2) is 13.6 Å². The van der Waals surface area contributed by atoms with Gasteiger partial charge >= 0.3 is 6.03 Å². The number of urea groups is 1. The first kappa shape index (κ1) is 16.5. The van der Waals surface area contributed by atoms with Crippen molar-refractivity contribution in [2.45, 2.75) is 37.8 Å². The van der Waals surface area contributed by atoms with E-state index in [1.54, 1.807) is 0 Å². The van der Waals surface area contributed by atoms with Crippen LogP contribution in [0.25, 0.3) is 0 Å². The highest BCUT2D eigenvalue weighted by Gasteiger charge is 2.20. The Morgan fingerprint density at radius 1 is 1.27 bits per heavy atom. The van der Waals surface area contributed by atoms with Crippen LogP contribution in [0.3, 0.4) is 0 Å². The number of ether oxygens (including phenoxy) is 1. The van der Waals surface area contributed by atoms with E-state index in [0.29, 0.717) is 12.8 Å². The number of hydrogen-bond acceptors (Lipinski definition) is 3. The second-order valence-corrected chi connectivity index (χ2v) is 5.33. The minimum absolute atomic E-state index is 0.0510. The van der Waals surface area contributed by atoms with Crippen molar-refractivity contribution in [1.29, 1.82) is 0 Å². The SMILES string of the molecule is O=C(NCCOc1ccc(F)cc1F)NC1CCC(O)CC1. The highest BCUT2D eigenvalue weighted by atomic mass is 19.1. The standard InChI is InChI=1S/C15H20F2N2O3/c16-10-1-6-14(13(17)9-10)22-8-7-18-15(21)19-11-2-4-12(20)5-3-11/h1,6,9,11-12,20H,2-5,7-8H2,(H2,18,19,21). The number of nitrogens with one attached hydrogen (secondary N) is 2. The molecule has 0 radical (unpaired) electrons. The summed E-state index contributed by atoms with van der Waals surface area (Å²) in [5.74, 6) is -1.49. The van der Waals surface area contributed by atoms with E-state index >= 15 is 0 Å². The molecule has 0 aliphatic heterocycles. The van der Waals surface area contributed by atoms with Crippen LogP contribution < -0.4 is 15.4 Å². The van der Waals surface area contributed by atoms with Gasteiger partial charge in [-0.3, -0.25) is 0 Å². The van der Waals surface area contributed by atoms with E-state index in [2.05, 4.69) is 10.6 Å². The highest BCUT2D eigenvalue weighted by molar-refractivity contribution is 5.74. The molecule has 7 heteroatoms. The van der Waals surface area contributed by atoms with Gasteiger partial charge in [0.2, 0.25) is 0 Å². The molecule has 0 unspecified atom stereocenters. The Hall–Kier alpha value is -1.89. The van der Waals surface area contributed by atoms with E-state index in [1.807, 2.05) is 0 Å². The Labute approximate surface area is 127 Å². The highest BCUT2D eigenvalue weighted by Crippen LogP contribution is 2.18. The quantitative estimate of drug-likeness (QED) is 0.728. The number of aliphatic hydroxyl groups is 1. The molecule has 5 nitrogen and oxygen atoms in total. The van der Waals surface area contributed by atoms with E-state index in [-0.39, 0.29) is 37.1 Å². The fourth-order valence-electron chi connectivity index (χ4n) is 2.37. The number of aliphatic hydroxyl groups excluding tert-OH is 1. The molecule has 1 saturated carbocycles. The Bertz CT molecular complexity index is 506. The summed E-state index contributed by atoms with van der Waals surface area (Å²) in [6.07, 6.45) is 2.63. The molecule has 0 saturated heterocycles. The van der Waals surface area contributed by atoms with Crippen molar-refractivity contribution in [2.24, 2.45) is 0 Å². The molecule has 0 spiro atoms. The summed E-state index contributed by atoms with van der Waals surface area (Å²) in [7, 11) is 0. The van der Waals surface area contributed by atoms with Crippen molar-refractivity contribution in [3.63, 3.8) is 0 Å². The maximum absolute atomic E-state index is 13.3. The topological polar surface area (TPSA) is 70.6 Å². The van der Waals surface area contributed by atoms with E-state index < -0.39 is 11.6 Å². The van der Waals surface area contributed by atoms with Gasteiger partial charge in [-0.2, -0.15) is 0 Å². The summed E-state index contributed by atoms with van der Waals surface area (Å²) < 4.78 is 31.1. The van der Waals surface area contributed by atoms with Crippen molar-refractivity contribution in [3.8, 4) is 5.75 Å². The Morgan fingerprint density at radius 2 is 2.00 bits per heavy atom. The van der Waals surface area contributed by atoms with E-state index in [0.717, 1.165) is 25.0 Å². The summed E-state index contributed by atoms with van der Waals surface area (Å²) in [6.45, 7) is 0.289. The maximum Gasteiger partial charge on any atom is 0.315 e. The average Bonchev–Trinajstić information content (AvgIpc) is 2.48. The Balaban J connectivity index is 1.62. The van der Waals surface area contributed by atoms with Crippen LogP contribution in [0.15, 0.2) is 18.2 Å². The second-order valence-electron chi connectivity index (χ2n) is 5.33. The summed E-state index contributed by atoms with van der Waals surface area (Å²) >= 11 is 0. The van der Waals surface area contributed by atoms with Gasteiger partial charge < -0.3 is 20.5 Å². The zero-order valence-electron chi connectivity index (χ0n) is 12.1. The lowest BCUT2D eigenvalue weighted by molar-refractivity contribution is 0.117. The molecular formula is C15H20F2N2O3. The molecule has 2 amide bonds. The van der Waals surface area contributed by atoms with Gasteiger partial charge in [-0.05, 0) is 37.8 Å². The number of benzene rings is 1. The first-order valence-electron chi connectivity index (χ1n) is 7.35. The van der Waals surface area contributed by atoms with Gasteiger partial charge in [0.05, 0.1) is 12.6 Å². The number of carbonyl (C=O) groups is 1. The fraction of sp³-hybridized carbons (Fsp3) is 0.533. The van der Waals surface area contributed by atoms with Crippen LogP contribution in [0.4, 0.5) is 13.6 Å². The van der Waals surface area contributed by atoms with Crippen molar-refractivity contribution in [1.82, 2.24) is 10.6 Å². The van der Waals surface area contributed by atoms with Gasteiger partial charge in [-0.15, -0.1) is 0 Å². The van der Waals surface area contributed by atoms with Gasteiger partial charge in [-0.1, -0.05) is 0 Å². The number of rotatable bonds is 5. The molecule has 0 atom stereocenters. The third-order valence-electron chi connectivity index (χ3n) is 3.57. The zero-order valence-corrected chi connectivity index (χ0v) is 12.1. The molecule has 1 fully saturated rings. The van der Waals surface area contributed by atoms with Crippen molar-refractivity contribution < 1.29 is 23.4 Å². The minimum Gasteiger partial charge on any atom is -0.489 e. The van der Waals surface area contributed by atoms with Crippen LogP contribution in [0.1, 0.15) is 25.7 Å². The minimum atomic E-state index is -0.773. The first-order chi connectivity index (χ1) is 10.5. The molecule has 0 heterocycles. The summed E-state index contributed by atoms with van der Waals surface area (Å²) in [6, 6.07) is 2.81. The van der Waals surface area contributed by atoms with Crippen molar-refractivity contribution >= 4 is 6.03 Å². The number of hydrogen-bond donors (Lipinski definition) is 3. The van der Waals surface area contributed by atoms with Gasteiger partial charge in [0.1, 0.15) is 12.4 Å². The van der Waals surface area contributed by atoms with Crippen LogP contribution in [0.5, 0.6) is 5.75 Å². The summed E-state index contributed by atoms with van der Waals surface area (Å²) in [4.78, 5) is 11.7. The molecule has 1 aliphatic carbocycles. The largest absolute Gasteiger partial charge is 0.489 e. The number of amides is 2. The monoisotopic (exact) mass is 314 g/mol. The maximum atomic E-state index is 13.3. The molecule has 1 aromatic rings. The fourth-order valence-corrected chi connectivity index (χ4v) is 2.37. The smallest absolute Gasteiger partial charge is 0.315 e. The lowest BCUT2D eigenvalue weighted by Crippen LogP contribution is -2.45. The number of halogens is 2. The Morgan fingerprint density at radius 3 is 2.68 bits per heavy atom. The third-order valence-corrected chi connectivity index (χ3v) is 3.57. The lowest BCUT2D eigenvalue weighted by Gasteiger charge is -2.26. The van der Waals surface area contributed by atoms with E-state index in [1.165, 1.54) is 6.07 Å². The zero-order chi connectivity index (χ0) is 15.9. The molecule has 0 bridgehead atoms. The van der Waals surface area contributed by atoms with Gasteiger partial charge in [0.25, 0.3) is 0 Å². The molecule has 3 N–H and O–H groups in total. The molecule has 122 valence electrons. The van der Waals surface area contributed by atoms with E-state index in [4.69, 9.17) is 4.74 Å². The summed E-state index contributed by atoms with van der Waals surface area (Å²) in [5.41, 5.74) is 0. The third kappa shape index (κ3) is 5.14. The summed E-state index contributed by atoms with van der Waals surface area (Å²) in [5, 5.41) is 14.8. The predicted octanol–water partition coefficient (Wildman–Crippen LogP) is 1.95. The van der Waals surface area contributed by atoms with Crippen LogP contribution in [-0.2, 0) is 0 Å². The van der Waals surface area contributed by atoms with Crippen LogP contribution in [0, 0.1) is 11.6 Å². The average molecular weight is 314 g/mol. The normalized spacial score (nSPS) is 21.2. The Kier molecular flexibility index (Phi) is 5.94. The van der Waals surface area contributed by atoms with Crippen LogP contribution in [-0.4, -0.2) is 36.4 Å². The molecule has 1 aromatic carbocycles. The molecule has 2 rings (SSSR count). The molecule has 1 aliphatic rings. The van der Waals surface area contributed by atoms with Crippen LogP contribution in [0.2, 0.25) is 0 Å². The van der Waals surface area contributed by atoms with Crippen molar-refractivity contribution in [3.05, 3.63) is 29.8 Å². The first-order valence-corrected chi connectivity index (χ1v) is 7.35. The molecular weight excluding hydrogens is 294 g/mol. The molecule has 0 aromatic heterocycles.